The molecule has 1 aromatic rings. The molecule has 112 valence electrons. The topological polar surface area (TPSA) is 58.4 Å². The van der Waals surface area contributed by atoms with Crippen molar-refractivity contribution in [3.63, 3.8) is 0 Å². The molecule has 5 heteroatoms. The molecular formula is C15H25N3O2. The zero-order valence-electron chi connectivity index (χ0n) is 12.7. The molecule has 20 heavy (non-hydrogen) atoms. The predicted molar refractivity (Wildman–Crippen MR) is 77.8 cm³/mol. The number of rotatable bonds is 5. The van der Waals surface area contributed by atoms with E-state index in [4.69, 9.17) is 4.42 Å². The first-order chi connectivity index (χ1) is 9.61. The van der Waals surface area contributed by atoms with Crippen LogP contribution in [0.3, 0.4) is 0 Å². The van der Waals surface area contributed by atoms with Gasteiger partial charge in [-0.15, -0.1) is 0 Å². The summed E-state index contributed by atoms with van der Waals surface area (Å²) in [4.78, 5) is 18.7. The second-order valence-electron chi connectivity index (χ2n) is 5.61. The van der Waals surface area contributed by atoms with Gasteiger partial charge in [0.05, 0.1) is 5.69 Å². The smallest absolute Gasteiger partial charge is 0.291 e. The Hall–Kier alpha value is -1.36. The maximum absolute atomic E-state index is 12.6. The molecule has 1 saturated heterocycles. The van der Waals surface area contributed by atoms with Crippen LogP contribution in [0.1, 0.15) is 48.3 Å². The summed E-state index contributed by atoms with van der Waals surface area (Å²) in [5.74, 6) is 1.49. The van der Waals surface area contributed by atoms with Gasteiger partial charge in [0.25, 0.3) is 5.91 Å². The van der Waals surface area contributed by atoms with E-state index >= 15 is 0 Å². The molecule has 0 saturated carbocycles. The Morgan fingerprint density at radius 2 is 2.30 bits per heavy atom. The molecule has 1 atom stereocenters. The van der Waals surface area contributed by atoms with Crippen molar-refractivity contribution in [3.8, 4) is 0 Å². The van der Waals surface area contributed by atoms with Gasteiger partial charge in [0.1, 0.15) is 0 Å². The number of aryl methyl sites for hydroxylation is 2. The van der Waals surface area contributed by atoms with E-state index in [0.29, 0.717) is 23.3 Å². The van der Waals surface area contributed by atoms with Crippen LogP contribution in [-0.4, -0.2) is 42.0 Å². The molecule has 2 heterocycles. The lowest BCUT2D eigenvalue weighted by atomic mass is 9.99. The van der Waals surface area contributed by atoms with Gasteiger partial charge in [0.2, 0.25) is 5.76 Å². The average molecular weight is 279 g/mol. The number of carbonyl (C=O) groups is 1. The van der Waals surface area contributed by atoms with E-state index in [0.717, 1.165) is 32.6 Å². The maximum atomic E-state index is 12.6. The Morgan fingerprint density at radius 3 is 2.85 bits per heavy atom. The lowest BCUT2D eigenvalue weighted by Crippen LogP contribution is -2.41. The van der Waals surface area contributed by atoms with Crippen molar-refractivity contribution in [3.05, 3.63) is 17.3 Å². The number of nitrogens with one attached hydrogen (secondary N) is 1. The Labute approximate surface area is 120 Å². The Kier molecular flexibility index (Phi) is 5.17. The molecule has 1 aromatic heterocycles. The largest absolute Gasteiger partial charge is 0.436 e. The van der Waals surface area contributed by atoms with Crippen LogP contribution in [0.15, 0.2) is 4.42 Å². The van der Waals surface area contributed by atoms with E-state index in [2.05, 4.69) is 17.2 Å². The predicted octanol–water partition coefficient (Wildman–Crippen LogP) is 2.14. The molecule has 2 rings (SSSR count). The van der Waals surface area contributed by atoms with Crippen molar-refractivity contribution in [2.75, 3.05) is 26.2 Å². The Bertz CT molecular complexity index is 450. The normalized spacial score (nSPS) is 19.1. The fraction of sp³-hybridized carbons (Fsp3) is 0.733. The molecule has 1 fully saturated rings. The van der Waals surface area contributed by atoms with Gasteiger partial charge >= 0.3 is 0 Å². The minimum absolute atomic E-state index is 0.0180. The van der Waals surface area contributed by atoms with Crippen LogP contribution in [0.25, 0.3) is 0 Å². The van der Waals surface area contributed by atoms with Gasteiger partial charge in [-0.2, -0.15) is 0 Å². The van der Waals surface area contributed by atoms with Crippen LogP contribution in [0, 0.1) is 19.8 Å². The molecule has 1 unspecified atom stereocenters. The van der Waals surface area contributed by atoms with Gasteiger partial charge in [-0.1, -0.05) is 6.92 Å². The Balaban J connectivity index is 2.06. The summed E-state index contributed by atoms with van der Waals surface area (Å²) in [6, 6.07) is 0. The lowest BCUT2D eigenvalue weighted by molar-refractivity contribution is 0.0684. The highest BCUT2D eigenvalue weighted by Crippen LogP contribution is 2.17. The quantitative estimate of drug-likeness (QED) is 0.897. The van der Waals surface area contributed by atoms with Crippen LogP contribution in [-0.2, 0) is 0 Å². The molecule has 1 aliphatic heterocycles. The number of nitrogens with zero attached hydrogens (tertiary/aromatic N) is 2. The third-order valence-electron chi connectivity index (χ3n) is 3.76. The van der Waals surface area contributed by atoms with Crippen molar-refractivity contribution in [1.82, 2.24) is 15.2 Å². The van der Waals surface area contributed by atoms with Gasteiger partial charge in [-0.05, 0) is 45.2 Å². The summed E-state index contributed by atoms with van der Waals surface area (Å²) in [5, 5.41) is 3.40. The molecule has 5 nitrogen and oxygen atoms in total. The van der Waals surface area contributed by atoms with Gasteiger partial charge in [0, 0.05) is 20.0 Å². The SMILES string of the molecule is CCCN(CC1CCCNC1)C(=O)c1oc(C)nc1C. The van der Waals surface area contributed by atoms with Gasteiger partial charge in [-0.3, -0.25) is 4.79 Å². The number of hydrogen-bond acceptors (Lipinski definition) is 4. The van der Waals surface area contributed by atoms with Crippen molar-refractivity contribution >= 4 is 5.91 Å². The summed E-state index contributed by atoms with van der Waals surface area (Å²) in [6.07, 6.45) is 3.34. The van der Waals surface area contributed by atoms with Crippen LogP contribution >= 0.6 is 0 Å². The van der Waals surface area contributed by atoms with Crippen molar-refractivity contribution in [2.24, 2.45) is 5.92 Å². The van der Waals surface area contributed by atoms with E-state index in [1.54, 1.807) is 6.92 Å². The van der Waals surface area contributed by atoms with Crippen LogP contribution in [0.4, 0.5) is 0 Å². The summed E-state index contributed by atoms with van der Waals surface area (Å²) >= 11 is 0. The summed E-state index contributed by atoms with van der Waals surface area (Å²) < 4.78 is 5.47. The van der Waals surface area contributed by atoms with E-state index in [1.807, 2.05) is 11.8 Å². The molecule has 1 aliphatic rings. The van der Waals surface area contributed by atoms with Crippen molar-refractivity contribution in [2.45, 2.75) is 40.0 Å². The second kappa shape index (κ2) is 6.88. The van der Waals surface area contributed by atoms with Gasteiger partial charge < -0.3 is 14.6 Å². The molecule has 0 bridgehead atoms. The minimum Gasteiger partial charge on any atom is -0.436 e. The standard InChI is InChI=1S/C15H25N3O2/c1-4-8-18(10-13-6-5-7-16-9-13)15(19)14-11(2)17-12(3)20-14/h13,16H,4-10H2,1-3H3. The highest BCUT2D eigenvalue weighted by atomic mass is 16.4. The fourth-order valence-corrected chi connectivity index (χ4v) is 2.81. The number of amides is 1. The molecule has 1 amide bonds. The Morgan fingerprint density at radius 1 is 1.50 bits per heavy atom. The highest BCUT2D eigenvalue weighted by Gasteiger charge is 2.25. The number of hydrogen-bond donors (Lipinski definition) is 1. The summed E-state index contributed by atoms with van der Waals surface area (Å²) in [6.45, 7) is 9.38. The third-order valence-corrected chi connectivity index (χ3v) is 3.76. The molecular weight excluding hydrogens is 254 g/mol. The molecule has 1 N–H and O–H groups in total. The number of carbonyl (C=O) groups excluding carboxylic acids is 1. The lowest BCUT2D eigenvalue weighted by Gasteiger charge is -2.29. The van der Waals surface area contributed by atoms with Crippen LogP contribution < -0.4 is 5.32 Å². The maximum Gasteiger partial charge on any atom is 0.291 e. The minimum atomic E-state index is -0.0180. The van der Waals surface area contributed by atoms with E-state index in [9.17, 15) is 4.79 Å². The molecule has 0 radical (unpaired) electrons. The van der Waals surface area contributed by atoms with Crippen molar-refractivity contribution in [1.29, 1.82) is 0 Å². The number of piperidine rings is 1. The van der Waals surface area contributed by atoms with Gasteiger partial charge in [-0.25, -0.2) is 4.98 Å². The second-order valence-corrected chi connectivity index (χ2v) is 5.61. The van der Waals surface area contributed by atoms with Crippen LogP contribution in [0.2, 0.25) is 0 Å². The third kappa shape index (κ3) is 3.60. The highest BCUT2D eigenvalue weighted by molar-refractivity contribution is 5.92. The molecule has 0 spiro atoms. The summed E-state index contributed by atoms with van der Waals surface area (Å²) in [5.41, 5.74) is 0.690. The first-order valence-corrected chi connectivity index (χ1v) is 7.55. The monoisotopic (exact) mass is 279 g/mol. The first kappa shape index (κ1) is 15.0. The van der Waals surface area contributed by atoms with E-state index < -0.39 is 0 Å². The molecule has 0 aliphatic carbocycles. The average Bonchev–Trinajstić information content (AvgIpc) is 2.77. The van der Waals surface area contributed by atoms with Crippen molar-refractivity contribution < 1.29 is 9.21 Å². The number of aromatic nitrogens is 1. The number of oxazole rings is 1. The van der Waals surface area contributed by atoms with Crippen LogP contribution in [0.5, 0.6) is 0 Å². The van der Waals surface area contributed by atoms with Gasteiger partial charge in [0.15, 0.2) is 5.89 Å². The van der Waals surface area contributed by atoms with E-state index in [1.165, 1.54) is 12.8 Å². The fourth-order valence-electron chi connectivity index (χ4n) is 2.81. The first-order valence-electron chi connectivity index (χ1n) is 7.55. The zero-order chi connectivity index (χ0) is 14.5. The summed E-state index contributed by atoms with van der Waals surface area (Å²) in [7, 11) is 0. The zero-order valence-corrected chi connectivity index (χ0v) is 12.7. The molecule has 0 aromatic carbocycles. The van der Waals surface area contributed by atoms with E-state index in [-0.39, 0.29) is 5.91 Å².